The Balaban J connectivity index is 1.69. The number of hydrogen-bond acceptors (Lipinski definition) is 6. The molecule has 0 radical (unpaired) electrons. The number of amides is 1. The Morgan fingerprint density at radius 2 is 1.82 bits per heavy atom. The van der Waals surface area contributed by atoms with Crippen LogP contribution in [0.25, 0.3) is 0 Å². The Kier molecular flexibility index (Phi) is 7.46. The fourth-order valence-corrected chi connectivity index (χ4v) is 6.10. The summed E-state index contributed by atoms with van der Waals surface area (Å²) in [6.45, 7) is 3.36. The number of carbonyl (C=O) groups excluding carboxylic acids is 1. The minimum Gasteiger partial charge on any atom is -0.385 e. The molecule has 1 aromatic heterocycles. The van der Waals surface area contributed by atoms with Crippen molar-refractivity contribution in [2.24, 2.45) is 5.92 Å². The Morgan fingerprint density at radius 3 is 2.42 bits per heavy atom. The molecule has 0 aliphatic carbocycles. The highest BCUT2D eigenvalue weighted by Gasteiger charge is 2.54. The largest absolute Gasteiger partial charge is 0.385 e. The van der Waals surface area contributed by atoms with Crippen molar-refractivity contribution >= 4 is 29.1 Å². The van der Waals surface area contributed by atoms with Gasteiger partial charge < -0.3 is 15.2 Å². The third-order valence-electron chi connectivity index (χ3n) is 7.84. The highest BCUT2D eigenvalue weighted by atomic mass is 35.5. The summed E-state index contributed by atoms with van der Waals surface area (Å²) in [7, 11) is 1.43. The smallest absolute Gasteiger partial charge is 0.257 e. The van der Waals surface area contributed by atoms with E-state index in [1.165, 1.54) is 30.5 Å². The summed E-state index contributed by atoms with van der Waals surface area (Å²) < 4.78 is 22.4. The van der Waals surface area contributed by atoms with Crippen molar-refractivity contribution in [2.45, 2.75) is 44.1 Å². The molecule has 5 rings (SSSR count). The molecule has 0 unspecified atom stereocenters. The SMILES string of the molecule is CC[C@@](O)(c1cc(F)c2c(c1)C(=O)N(Cc1ncc(Cl)cn1)[C@@]2(OC)c1ccc(Cl)cc1)C1CCNCC1. The van der Waals surface area contributed by atoms with E-state index in [9.17, 15) is 9.90 Å². The van der Waals surface area contributed by atoms with E-state index in [-0.39, 0.29) is 23.6 Å². The van der Waals surface area contributed by atoms with Gasteiger partial charge in [-0.05, 0) is 68.1 Å². The molecular formula is C28H29Cl2FN4O3. The van der Waals surface area contributed by atoms with Crippen molar-refractivity contribution < 1.29 is 19.0 Å². The Bertz CT molecular complexity index is 1340. The third-order valence-corrected chi connectivity index (χ3v) is 8.29. The van der Waals surface area contributed by atoms with Crippen molar-refractivity contribution in [3.8, 4) is 0 Å². The lowest BCUT2D eigenvalue weighted by molar-refractivity contribution is -0.0890. The number of nitrogens with zero attached hydrogens (tertiary/aromatic N) is 3. The lowest BCUT2D eigenvalue weighted by Gasteiger charge is -2.39. The number of piperidine rings is 1. The quantitative estimate of drug-likeness (QED) is 0.423. The number of methoxy groups -OCH3 is 1. The summed E-state index contributed by atoms with van der Waals surface area (Å²) in [5, 5.41) is 16.0. The second-order valence-electron chi connectivity index (χ2n) is 9.75. The average Bonchev–Trinajstić information content (AvgIpc) is 3.18. The van der Waals surface area contributed by atoms with Gasteiger partial charge >= 0.3 is 0 Å². The van der Waals surface area contributed by atoms with Gasteiger partial charge in [0.25, 0.3) is 5.91 Å². The third kappa shape index (κ3) is 4.38. The van der Waals surface area contributed by atoms with E-state index in [2.05, 4.69) is 15.3 Å². The predicted octanol–water partition coefficient (Wildman–Crippen LogP) is 5.02. The van der Waals surface area contributed by atoms with Gasteiger partial charge in [-0.15, -0.1) is 0 Å². The van der Waals surface area contributed by atoms with Crippen LogP contribution in [0.15, 0.2) is 48.8 Å². The molecule has 0 bridgehead atoms. The predicted molar refractivity (Wildman–Crippen MR) is 142 cm³/mol. The van der Waals surface area contributed by atoms with Crippen LogP contribution in [0, 0.1) is 11.7 Å². The first-order chi connectivity index (χ1) is 18.2. The number of benzene rings is 2. The molecular weight excluding hydrogens is 530 g/mol. The minimum atomic E-state index is -1.61. The lowest BCUT2D eigenvalue weighted by atomic mass is 9.74. The standard InChI is InChI=1S/C28H29Cl2FN4O3/c1-3-27(37,17-8-10-32-11-9-17)19-12-22-25(23(31)13-19)28(38-2,18-4-6-20(29)7-5-18)35(26(22)36)16-24-33-14-21(30)15-34-24/h4-7,12-15,17,32,37H,3,8-11,16H2,1-2H3/t27-,28+/m0/s1. The molecule has 1 fully saturated rings. The molecule has 38 heavy (non-hydrogen) atoms. The summed E-state index contributed by atoms with van der Waals surface area (Å²) in [5.41, 5.74) is -1.77. The molecule has 3 aromatic rings. The van der Waals surface area contributed by atoms with Gasteiger partial charge in [0.05, 0.1) is 28.3 Å². The number of fused-ring (bicyclic) bond motifs is 1. The zero-order chi connectivity index (χ0) is 27.1. The van der Waals surface area contributed by atoms with E-state index in [4.69, 9.17) is 27.9 Å². The fraction of sp³-hybridized carbons (Fsp3) is 0.393. The van der Waals surface area contributed by atoms with E-state index in [1.807, 2.05) is 6.92 Å². The first-order valence-corrected chi connectivity index (χ1v) is 13.4. The normalized spacial score (nSPS) is 21.4. The molecule has 2 N–H and O–H groups in total. The van der Waals surface area contributed by atoms with Crippen LogP contribution in [0.3, 0.4) is 0 Å². The molecule has 2 aliphatic rings. The molecule has 2 aromatic carbocycles. The number of nitrogens with one attached hydrogen (secondary N) is 1. The van der Waals surface area contributed by atoms with Gasteiger partial charge in [0.2, 0.25) is 0 Å². The van der Waals surface area contributed by atoms with E-state index in [0.29, 0.717) is 33.4 Å². The van der Waals surface area contributed by atoms with Crippen molar-refractivity contribution in [1.82, 2.24) is 20.2 Å². The summed E-state index contributed by atoms with van der Waals surface area (Å²) in [6.07, 6.45) is 4.77. The zero-order valence-electron chi connectivity index (χ0n) is 21.2. The summed E-state index contributed by atoms with van der Waals surface area (Å²) in [6, 6.07) is 9.71. The first kappa shape index (κ1) is 27.0. The minimum absolute atomic E-state index is 0.0651. The van der Waals surface area contributed by atoms with E-state index < -0.39 is 23.1 Å². The van der Waals surface area contributed by atoms with Crippen molar-refractivity contribution in [3.05, 3.63) is 92.7 Å². The molecule has 2 atom stereocenters. The number of ether oxygens (including phenoxy) is 1. The molecule has 7 nitrogen and oxygen atoms in total. The Hall–Kier alpha value is -2.62. The highest BCUT2D eigenvalue weighted by molar-refractivity contribution is 6.30. The van der Waals surface area contributed by atoms with Gasteiger partial charge in [-0.25, -0.2) is 14.4 Å². The lowest BCUT2D eigenvalue weighted by Crippen LogP contribution is -2.46. The Morgan fingerprint density at radius 1 is 1.16 bits per heavy atom. The van der Waals surface area contributed by atoms with Gasteiger partial charge in [0, 0.05) is 30.1 Å². The molecule has 2 aliphatic heterocycles. The molecule has 0 saturated carbocycles. The number of aromatic nitrogens is 2. The number of hydrogen-bond donors (Lipinski definition) is 2. The average molecular weight is 559 g/mol. The maximum absolute atomic E-state index is 16.3. The van der Waals surface area contributed by atoms with Crippen LogP contribution in [0.1, 0.15) is 59.1 Å². The van der Waals surface area contributed by atoms with Gasteiger partial charge in [0.15, 0.2) is 5.72 Å². The van der Waals surface area contributed by atoms with Crippen LogP contribution in [0.4, 0.5) is 4.39 Å². The van der Waals surface area contributed by atoms with E-state index >= 15 is 4.39 Å². The zero-order valence-corrected chi connectivity index (χ0v) is 22.7. The molecule has 3 heterocycles. The van der Waals surface area contributed by atoms with E-state index in [0.717, 1.165) is 25.9 Å². The number of carbonyl (C=O) groups is 1. The van der Waals surface area contributed by atoms with Crippen molar-refractivity contribution in [1.29, 1.82) is 0 Å². The van der Waals surface area contributed by atoms with E-state index in [1.54, 1.807) is 30.3 Å². The summed E-state index contributed by atoms with van der Waals surface area (Å²) >= 11 is 12.1. The van der Waals surface area contributed by atoms with Crippen LogP contribution < -0.4 is 5.32 Å². The van der Waals surface area contributed by atoms with Gasteiger partial charge in [-0.3, -0.25) is 9.69 Å². The van der Waals surface area contributed by atoms with Crippen LogP contribution in [0.2, 0.25) is 10.0 Å². The number of aliphatic hydroxyl groups is 1. The molecule has 10 heteroatoms. The number of rotatable bonds is 7. The molecule has 1 amide bonds. The highest BCUT2D eigenvalue weighted by Crippen LogP contribution is 2.49. The Labute approximate surface area is 231 Å². The maximum atomic E-state index is 16.3. The second kappa shape index (κ2) is 10.5. The molecule has 200 valence electrons. The van der Waals surface area contributed by atoms with Crippen LogP contribution in [-0.2, 0) is 22.6 Å². The van der Waals surface area contributed by atoms with Gasteiger partial charge in [-0.1, -0.05) is 42.3 Å². The van der Waals surface area contributed by atoms with Crippen LogP contribution in [0.5, 0.6) is 0 Å². The number of halogens is 3. The monoisotopic (exact) mass is 558 g/mol. The van der Waals surface area contributed by atoms with Gasteiger partial charge in [0.1, 0.15) is 11.6 Å². The second-order valence-corrected chi connectivity index (χ2v) is 10.6. The topological polar surface area (TPSA) is 87.6 Å². The van der Waals surface area contributed by atoms with Crippen LogP contribution in [-0.4, -0.2) is 46.1 Å². The van der Waals surface area contributed by atoms with Crippen molar-refractivity contribution in [2.75, 3.05) is 20.2 Å². The van der Waals surface area contributed by atoms with Crippen molar-refractivity contribution in [3.63, 3.8) is 0 Å². The maximum Gasteiger partial charge on any atom is 0.257 e. The molecule has 1 saturated heterocycles. The summed E-state index contributed by atoms with van der Waals surface area (Å²) in [4.78, 5) is 24.0. The van der Waals surface area contributed by atoms with Gasteiger partial charge in [-0.2, -0.15) is 0 Å². The molecule has 0 spiro atoms. The van der Waals surface area contributed by atoms with Crippen LogP contribution >= 0.6 is 23.2 Å². The first-order valence-electron chi connectivity index (χ1n) is 12.6. The summed E-state index contributed by atoms with van der Waals surface area (Å²) in [5.74, 6) is -0.848. The fourth-order valence-electron chi connectivity index (χ4n) is 5.87.